The van der Waals surface area contributed by atoms with Gasteiger partial charge in [0.25, 0.3) is 0 Å². The lowest BCUT2D eigenvalue weighted by molar-refractivity contribution is -0.207. The van der Waals surface area contributed by atoms with Crippen LogP contribution in [0.25, 0.3) is 0 Å². The number of hydrogen-bond acceptors (Lipinski definition) is 4. The highest BCUT2D eigenvalue weighted by Crippen LogP contribution is 2.28. The Hall–Kier alpha value is -1.99. The van der Waals surface area contributed by atoms with E-state index in [0.717, 1.165) is 6.42 Å². The van der Waals surface area contributed by atoms with Crippen molar-refractivity contribution in [1.82, 2.24) is 4.90 Å². The van der Waals surface area contributed by atoms with Crippen molar-refractivity contribution >= 4 is 0 Å². The van der Waals surface area contributed by atoms with E-state index in [1.165, 1.54) is 0 Å². The number of allylic oxidation sites excluding steroid dienone is 1. The third-order valence-corrected chi connectivity index (χ3v) is 5.08. The van der Waals surface area contributed by atoms with Crippen molar-refractivity contribution in [3.8, 4) is 5.75 Å². The average molecular weight is 397 g/mol. The molecule has 0 aromatic heterocycles. The Balaban J connectivity index is 1.77. The number of aliphatic hydroxyl groups is 1. The van der Waals surface area contributed by atoms with Gasteiger partial charge in [-0.2, -0.15) is 13.2 Å². The zero-order valence-corrected chi connectivity index (χ0v) is 15.8. The van der Waals surface area contributed by atoms with Crippen LogP contribution in [0, 0.1) is 11.8 Å². The third-order valence-electron chi connectivity index (χ3n) is 5.08. The summed E-state index contributed by atoms with van der Waals surface area (Å²) in [5.41, 5.74) is 0.634. The van der Waals surface area contributed by atoms with Crippen molar-refractivity contribution in [1.29, 1.82) is 0 Å². The van der Waals surface area contributed by atoms with Crippen molar-refractivity contribution in [3.63, 3.8) is 0 Å². The Morgan fingerprint density at radius 2 is 2.04 bits per heavy atom. The Morgan fingerprint density at radius 1 is 1.29 bits per heavy atom. The molecule has 1 saturated heterocycles. The molecule has 1 heterocycles. The summed E-state index contributed by atoms with van der Waals surface area (Å²) in [5, 5.41) is 9.63. The number of ether oxygens (including phenoxy) is 2. The molecule has 3 rings (SSSR count). The number of halogens is 3. The van der Waals surface area contributed by atoms with E-state index in [-0.39, 0.29) is 17.9 Å². The second-order valence-electron chi connectivity index (χ2n) is 7.40. The van der Waals surface area contributed by atoms with E-state index in [9.17, 15) is 18.3 Å². The number of rotatable bonds is 7. The van der Waals surface area contributed by atoms with Gasteiger partial charge in [0.1, 0.15) is 11.9 Å². The predicted molar refractivity (Wildman–Crippen MR) is 99.8 cm³/mol. The van der Waals surface area contributed by atoms with Gasteiger partial charge in [-0.1, -0.05) is 31.2 Å². The predicted octanol–water partition coefficient (Wildman–Crippen LogP) is 3.79. The Labute approximate surface area is 163 Å². The Bertz CT molecular complexity index is 684. The number of alkyl halides is 3. The van der Waals surface area contributed by atoms with Crippen molar-refractivity contribution < 1.29 is 27.8 Å². The monoisotopic (exact) mass is 397 g/mol. The average Bonchev–Trinajstić information content (AvgIpc) is 3.16. The van der Waals surface area contributed by atoms with E-state index >= 15 is 0 Å². The van der Waals surface area contributed by atoms with Gasteiger partial charge in [-0.15, -0.1) is 0 Å². The maximum atomic E-state index is 13.0. The summed E-state index contributed by atoms with van der Waals surface area (Å²) < 4.78 is 50.2. The summed E-state index contributed by atoms with van der Waals surface area (Å²) in [6.45, 7) is 3.03. The van der Waals surface area contributed by atoms with Gasteiger partial charge in [-0.25, -0.2) is 0 Å². The highest BCUT2D eigenvalue weighted by Gasteiger charge is 2.40. The SMILES string of the molecule is CC1C=CC(N(CC2CCOC2)CC(O)C(F)(F)F)=CC1Oc1ccccc1. The first-order valence-electron chi connectivity index (χ1n) is 9.52. The molecule has 0 amide bonds. The zero-order valence-electron chi connectivity index (χ0n) is 15.8. The number of para-hydroxylation sites is 1. The lowest BCUT2D eigenvalue weighted by atomic mass is 9.96. The molecule has 0 spiro atoms. The fourth-order valence-corrected chi connectivity index (χ4v) is 3.38. The second kappa shape index (κ2) is 9.01. The van der Waals surface area contributed by atoms with Gasteiger partial charge in [0, 0.05) is 30.7 Å². The molecule has 4 unspecified atom stereocenters. The summed E-state index contributed by atoms with van der Waals surface area (Å²) in [6, 6.07) is 9.33. The highest BCUT2D eigenvalue weighted by atomic mass is 19.4. The smallest absolute Gasteiger partial charge is 0.416 e. The molecule has 1 aliphatic heterocycles. The molecule has 0 saturated carbocycles. The Kier molecular flexibility index (Phi) is 6.67. The molecule has 1 aromatic carbocycles. The maximum Gasteiger partial charge on any atom is 0.416 e. The molecule has 1 aromatic rings. The minimum Gasteiger partial charge on any atom is -0.486 e. The molecule has 0 radical (unpaired) electrons. The normalized spacial score (nSPS) is 26.0. The van der Waals surface area contributed by atoms with Crippen molar-refractivity contribution in [2.45, 2.75) is 31.7 Å². The van der Waals surface area contributed by atoms with Crippen LogP contribution in [0.4, 0.5) is 13.2 Å². The van der Waals surface area contributed by atoms with Gasteiger partial charge in [0.15, 0.2) is 6.10 Å². The first-order chi connectivity index (χ1) is 13.3. The van der Waals surface area contributed by atoms with Gasteiger partial charge in [-0.3, -0.25) is 0 Å². The summed E-state index contributed by atoms with van der Waals surface area (Å²) in [4.78, 5) is 1.60. The van der Waals surface area contributed by atoms with E-state index in [2.05, 4.69) is 0 Å². The van der Waals surface area contributed by atoms with Crippen LogP contribution in [0.1, 0.15) is 13.3 Å². The summed E-state index contributed by atoms with van der Waals surface area (Å²) >= 11 is 0. The molecule has 0 bridgehead atoms. The summed E-state index contributed by atoms with van der Waals surface area (Å²) in [6.07, 6.45) is -0.969. The van der Waals surface area contributed by atoms with Crippen LogP contribution in [-0.2, 0) is 4.74 Å². The standard InChI is InChI=1S/C21H26F3NO3/c1-15-7-8-17(11-19(15)28-18-5-3-2-4-6-18)25(12-16-9-10-27-14-16)13-20(26)21(22,23)24/h2-8,11,15-16,19-20,26H,9-10,12-14H2,1H3. The largest absolute Gasteiger partial charge is 0.486 e. The number of hydrogen-bond donors (Lipinski definition) is 1. The Morgan fingerprint density at radius 3 is 2.68 bits per heavy atom. The lowest BCUT2D eigenvalue weighted by Crippen LogP contribution is -2.43. The molecule has 1 aliphatic carbocycles. The number of nitrogens with zero attached hydrogens (tertiary/aromatic N) is 1. The van der Waals surface area contributed by atoms with E-state index in [1.807, 2.05) is 55.5 Å². The van der Waals surface area contributed by atoms with Gasteiger partial charge in [0.05, 0.1) is 13.2 Å². The molecule has 28 heavy (non-hydrogen) atoms. The molecule has 4 atom stereocenters. The quantitative estimate of drug-likeness (QED) is 0.760. The first kappa shape index (κ1) is 20.7. The first-order valence-corrected chi connectivity index (χ1v) is 9.52. The van der Waals surface area contributed by atoms with Crippen LogP contribution in [0.15, 0.2) is 54.3 Å². The number of benzene rings is 1. The summed E-state index contributed by atoms with van der Waals surface area (Å²) in [5.74, 6) is 0.923. The molecular formula is C21H26F3NO3. The van der Waals surface area contributed by atoms with Crippen molar-refractivity contribution in [3.05, 3.63) is 54.3 Å². The van der Waals surface area contributed by atoms with Crippen LogP contribution >= 0.6 is 0 Å². The zero-order chi connectivity index (χ0) is 20.1. The topological polar surface area (TPSA) is 41.9 Å². The molecule has 2 aliphatic rings. The fraction of sp³-hybridized carbons (Fsp3) is 0.524. The molecule has 4 nitrogen and oxygen atoms in total. The van der Waals surface area contributed by atoms with Crippen LogP contribution in [0.3, 0.4) is 0 Å². The second-order valence-corrected chi connectivity index (χ2v) is 7.40. The van der Waals surface area contributed by atoms with Crippen LogP contribution in [-0.4, -0.2) is 54.7 Å². The van der Waals surface area contributed by atoms with Gasteiger partial charge in [0.2, 0.25) is 0 Å². The van der Waals surface area contributed by atoms with Gasteiger partial charge >= 0.3 is 6.18 Å². The molecule has 154 valence electrons. The molecule has 7 heteroatoms. The van der Waals surface area contributed by atoms with E-state index in [4.69, 9.17) is 9.47 Å². The third kappa shape index (κ3) is 5.52. The lowest BCUT2D eigenvalue weighted by Gasteiger charge is -2.34. The highest BCUT2D eigenvalue weighted by molar-refractivity contribution is 5.29. The fourth-order valence-electron chi connectivity index (χ4n) is 3.38. The molecule has 1 N–H and O–H groups in total. The maximum absolute atomic E-state index is 13.0. The van der Waals surface area contributed by atoms with Gasteiger partial charge < -0.3 is 19.5 Å². The summed E-state index contributed by atoms with van der Waals surface area (Å²) in [7, 11) is 0. The van der Waals surface area contributed by atoms with E-state index in [0.29, 0.717) is 31.2 Å². The minimum atomic E-state index is -4.66. The van der Waals surface area contributed by atoms with E-state index < -0.39 is 18.8 Å². The van der Waals surface area contributed by atoms with E-state index in [1.54, 1.807) is 4.90 Å². The van der Waals surface area contributed by atoms with Crippen LogP contribution in [0.5, 0.6) is 5.75 Å². The van der Waals surface area contributed by atoms with Gasteiger partial charge in [-0.05, 0) is 30.7 Å². The molecular weight excluding hydrogens is 371 g/mol. The van der Waals surface area contributed by atoms with Crippen LogP contribution < -0.4 is 4.74 Å². The van der Waals surface area contributed by atoms with Crippen LogP contribution in [0.2, 0.25) is 0 Å². The minimum absolute atomic E-state index is 0.0770. The van der Waals surface area contributed by atoms with Crippen molar-refractivity contribution in [2.24, 2.45) is 11.8 Å². The number of aliphatic hydroxyl groups excluding tert-OH is 1. The van der Waals surface area contributed by atoms with Crippen molar-refractivity contribution in [2.75, 3.05) is 26.3 Å². The molecule has 1 fully saturated rings.